The van der Waals surface area contributed by atoms with Crippen molar-refractivity contribution in [1.82, 2.24) is 4.57 Å². The van der Waals surface area contributed by atoms with E-state index in [-0.39, 0.29) is 28.7 Å². The van der Waals surface area contributed by atoms with Gasteiger partial charge in [-0.05, 0) is 54.3 Å². The van der Waals surface area contributed by atoms with E-state index < -0.39 is 29.0 Å². The van der Waals surface area contributed by atoms with Crippen molar-refractivity contribution in [1.29, 1.82) is 0 Å². The van der Waals surface area contributed by atoms with Crippen LogP contribution in [0.2, 0.25) is 0 Å². The first-order valence-electron chi connectivity index (χ1n) is 8.52. The normalized spacial score (nSPS) is 11.6. The minimum Gasteiger partial charge on any atom is -0.321 e. The summed E-state index contributed by atoms with van der Waals surface area (Å²) in [7, 11) is 0. The van der Waals surface area contributed by atoms with Gasteiger partial charge in [-0.2, -0.15) is 13.2 Å². The topological polar surface area (TPSA) is 51.1 Å². The lowest BCUT2D eigenvalue weighted by Gasteiger charge is -2.15. The van der Waals surface area contributed by atoms with Crippen LogP contribution in [0.1, 0.15) is 29.4 Å². The molecule has 1 heterocycles. The summed E-state index contributed by atoms with van der Waals surface area (Å²) in [5.74, 6) is -1.32. The molecule has 0 fully saturated rings. The Labute approximate surface area is 157 Å². The average Bonchev–Trinajstić information content (AvgIpc) is 2.63. The van der Waals surface area contributed by atoms with Gasteiger partial charge < -0.3 is 9.88 Å². The molecule has 0 unspecified atom stereocenters. The van der Waals surface area contributed by atoms with E-state index in [2.05, 4.69) is 5.32 Å². The van der Waals surface area contributed by atoms with Crippen LogP contribution in [0.15, 0.2) is 53.3 Å². The molecule has 0 saturated carbocycles. The predicted molar refractivity (Wildman–Crippen MR) is 97.9 cm³/mol. The molecule has 146 valence electrons. The number of carbonyl (C=O) groups is 1. The zero-order valence-corrected chi connectivity index (χ0v) is 14.8. The van der Waals surface area contributed by atoms with Gasteiger partial charge in [-0.15, -0.1) is 0 Å². The molecule has 0 aliphatic carbocycles. The van der Waals surface area contributed by atoms with Crippen LogP contribution in [0.3, 0.4) is 0 Å². The van der Waals surface area contributed by atoms with Crippen LogP contribution in [0.5, 0.6) is 0 Å². The fourth-order valence-corrected chi connectivity index (χ4v) is 2.93. The second kappa shape index (κ2) is 7.46. The van der Waals surface area contributed by atoms with E-state index in [1.165, 1.54) is 28.8 Å². The molecule has 1 N–H and O–H groups in total. The summed E-state index contributed by atoms with van der Waals surface area (Å²) in [6.07, 6.45) is -4.00. The number of aromatic nitrogens is 1. The highest BCUT2D eigenvalue weighted by Crippen LogP contribution is 2.30. The van der Waals surface area contributed by atoms with Gasteiger partial charge in [0.15, 0.2) is 0 Å². The van der Waals surface area contributed by atoms with Gasteiger partial charge in [0.1, 0.15) is 11.5 Å². The molecular formula is C20H16F4N2O2. The lowest BCUT2D eigenvalue weighted by Crippen LogP contribution is -2.29. The summed E-state index contributed by atoms with van der Waals surface area (Å²) in [5, 5.41) is 2.88. The van der Waals surface area contributed by atoms with Gasteiger partial charge in [-0.3, -0.25) is 9.59 Å². The fourth-order valence-electron chi connectivity index (χ4n) is 2.93. The molecule has 0 aliphatic rings. The van der Waals surface area contributed by atoms with Crippen LogP contribution in [0, 0.1) is 5.82 Å². The van der Waals surface area contributed by atoms with Gasteiger partial charge in [0, 0.05) is 17.6 Å². The summed E-state index contributed by atoms with van der Waals surface area (Å²) >= 11 is 0. The van der Waals surface area contributed by atoms with Gasteiger partial charge in [-0.1, -0.05) is 13.0 Å². The number of rotatable bonds is 4. The lowest BCUT2D eigenvalue weighted by atomic mass is 10.1. The lowest BCUT2D eigenvalue weighted by molar-refractivity contribution is -0.137. The number of benzene rings is 2. The Morgan fingerprint density at radius 2 is 1.86 bits per heavy atom. The van der Waals surface area contributed by atoms with E-state index in [4.69, 9.17) is 0 Å². The third kappa shape index (κ3) is 3.90. The third-order valence-corrected chi connectivity index (χ3v) is 4.20. The first-order chi connectivity index (χ1) is 13.2. The smallest absolute Gasteiger partial charge is 0.321 e. The number of amides is 1. The second-order valence-electron chi connectivity index (χ2n) is 6.25. The quantitative estimate of drug-likeness (QED) is 0.647. The van der Waals surface area contributed by atoms with Gasteiger partial charge in [0.2, 0.25) is 0 Å². The van der Waals surface area contributed by atoms with Crippen molar-refractivity contribution in [3.05, 3.63) is 76.0 Å². The minimum absolute atomic E-state index is 0.0534. The Bertz CT molecular complexity index is 1100. The van der Waals surface area contributed by atoms with Crippen LogP contribution in [0.25, 0.3) is 10.8 Å². The molecule has 28 heavy (non-hydrogen) atoms. The maximum absolute atomic E-state index is 13.5. The molecule has 3 rings (SSSR count). The zero-order chi connectivity index (χ0) is 20.5. The summed E-state index contributed by atoms with van der Waals surface area (Å²) in [4.78, 5) is 25.4. The van der Waals surface area contributed by atoms with Crippen LogP contribution in [-0.4, -0.2) is 10.5 Å². The van der Waals surface area contributed by atoms with Gasteiger partial charge >= 0.3 is 6.18 Å². The molecule has 0 bridgehead atoms. The van der Waals surface area contributed by atoms with E-state index >= 15 is 0 Å². The molecule has 0 atom stereocenters. The van der Waals surface area contributed by atoms with Crippen molar-refractivity contribution < 1.29 is 22.4 Å². The summed E-state index contributed by atoms with van der Waals surface area (Å²) < 4.78 is 53.4. The number of halogens is 4. The molecule has 0 saturated heterocycles. The number of pyridine rings is 1. The highest BCUT2D eigenvalue weighted by atomic mass is 19.4. The van der Waals surface area contributed by atoms with Crippen molar-refractivity contribution in [3.63, 3.8) is 0 Å². The third-order valence-electron chi connectivity index (χ3n) is 4.20. The van der Waals surface area contributed by atoms with E-state index in [0.717, 1.165) is 24.3 Å². The Balaban J connectivity index is 2.06. The van der Waals surface area contributed by atoms with Crippen LogP contribution in [-0.2, 0) is 12.7 Å². The zero-order valence-electron chi connectivity index (χ0n) is 14.8. The van der Waals surface area contributed by atoms with Crippen molar-refractivity contribution in [2.45, 2.75) is 26.1 Å². The number of hydrogen-bond acceptors (Lipinski definition) is 2. The van der Waals surface area contributed by atoms with Crippen molar-refractivity contribution in [3.8, 4) is 0 Å². The molecule has 1 aromatic heterocycles. The van der Waals surface area contributed by atoms with Gasteiger partial charge in [0.05, 0.1) is 5.56 Å². The van der Waals surface area contributed by atoms with Gasteiger partial charge in [-0.25, -0.2) is 4.39 Å². The standard InChI is InChI=1S/C20H16F4N2O2/c1-2-8-26-17(10-12-9-14(21)6-7-16(12)19(26)28)18(27)25-15-5-3-4-13(11-15)20(22,23)24/h3-7,9-11H,2,8H2,1H3,(H,25,27). The Morgan fingerprint density at radius 1 is 1.11 bits per heavy atom. The van der Waals surface area contributed by atoms with E-state index in [1.54, 1.807) is 0 Å². The Kier molecular flexibility index (Phi) is 5.22. The summed E-state index contributed by atoms with van der Waals surface area (Å²) in [5.41, 5.74) is -1.48. The van der Waals surface area contributed by atoms with Crippen LogP contribution in [0.4, 0.5) is 23.2 Å². The monoisotopic (exact) mass is 392 g/mol. The summed E-state index contributed by atoms with van der Waals surface area (Å²) in [6, 6.07) is 9.17. The predicted octanol–water partition coefficient (Wildman–Crippen LogP) is 4.82. The number of fused-ring (bicyclic) bond motifs is 1. The Hall–Kier alpha value is -3.16. The maximum Gasteiger partial charge on any atom is 0.416 e. The number of nitrogens with one attached hydrogen (secondary N) is 1. The molecule has 3 aromatic rings. The average molecular weight is 392 g/mol. The fraction of sp³-hybridized carbons (Fsp3) is 0.200. The van der Waals surface area contributed by atoms with Crippen molar-refractivity contribution in [2.24, 2.45) is 0 Å². The highest BCUT2D eigenvalue weighted by molar-refractivity contribution is 6.05. The second-order valence-corrected chi connectivity index (χ2v) is 6.25. The van der Waals surface area contributed by atoms with E-state index in [0.29, 0.717) is 6.42 Å². The number of nitrogens with zero attached hydrogens (tertiary/aromatic N) is 1. The molecule has 0 aliphatic heterocycles. The van der Waals surface area contributed by atoms with E-state index in [1.807, 2.05) is 6.92 Å². The molecule has 1 amide bonds. The van der Waals surface area contributed by atoms with Crippen molar-refractivity contribution >= 4 is 22.4 Å². The molecule has 8 heteroatoms. The molecule has 0 spiro atoms. The largest absolute Gasteiger partial charge is 0.416 e. The SMILES string of the molecule is CCCn1c(C(=O)Nc2cccc(C(F)(F)F)c2)cc2cc(F)ccc2c1=O. The number of alkyl halides is 3. The van der Waals surface area contributed by atoms with E-state index in [9.17, 15) is 27.2 Å². The number of anilines is 1. The van der Waals surface area contributed by atoms with Crippen LogP contribution >= 0.6 is 0 Å². The highest BCUT2D eigenvalue weighted by Gasteiger charge is 2.30. The molecule has 2 aromatic carbocycles. The minimum atomic E-state index is -4.55. The number of carbonyl (C=O) groups excluding carboxylic acids is 1. The first kappa shape index (κ1) is 19.6. The molecular weight excluding hydrogens is 376 g/mol. The number of hydrogen-bond donors (Lipinski definition) is 1. The first-order valence-corrected chi connectivity index (χ1v) is 8.52. The van der Waals surface area contributed by atoms with Crippen LogP contribution < -0.4 is 10.9 Å². The molecule has 4 nitrogen and oxygen atoms in total. The Morgan fingerprint density at radius 3 is 2.54 bits per heavy atom. The maximum atomic E-state index is 13.5. The van der Waals surface area contributed by atoms with Gasteiger partial charge in [0.25, 0.3) is 11.5 Å². The summed E-state index contributed by atoms with van der Waals surface area (Å²) in [6.45, 7) is 2.05. The van der Waals surface area contributed by atoms with Crippen molar-refractivity contribution in [2.75, 3.05) is 5.32 Å². The molecule has 0 radical (unpaired) electrons.